The third-order valence-corrected chi connectivity index (χ3v) is 3.52. The molecule has 0 saturated carbocycles. The summed E-state index contributed by atoms with van der Waals surface area (Å²) in [7, 11) is 0. The monoisotopic (exact) mass is 341 g/mol. The summed E-state index contributed by atoms with van der Waals surface area (Å²) in [6.45, 7) is 0.837. The number of nitrogens with zero attached hydrogens (tertiary/aromatic N) is 1. The number of halogens is 2. The molecule has 3 N–H and O–H groups in total. The van der Waals surface area contributed by atoms with Crippen LogP contribution in [0.25, 0.3) is 0 Å². The fourth-order valence-electron chi connectivity index (χ4n) is 2.03. The second kappa shape index (κ2) is 6.80. The summed E-state index contributed by atoms with van der Waals surface area (Å²) in [5.41, 5.74) is 0.108. The summed E-state index contributed by atoms with van der Waals surface area (Å²) in [6, 6.07) is 3.79. The predicted molar refractivity (Wildman–Crippen MR) is 79.3 cm³/mol. The Labute approximate surface area is 135 Å². The normalized spacial score (nSPS) is 10.6. The number of carboxylic acids is 1. The molecular weight excluding hydrogens is 329 g/mol. The molecule has 2 rings (SSSR count). The summed E-state index contributed by atoms with van der Waals surface area (Å²) >= 11 is 5.65. The molecular formula is C15H13ClFNO5. The van der Waals surface area contributed by atoms with Crippen LogP contribution in [0.15, 0.2) is 18.2 Å². The molecule has 1 aromatic heterocycles. The predicted octanol–water partition coefficient (Wildman–Crippen LogP) is 2.66. The standard InChI is InChI=1S/C15H13ClFNO5/c1-7-10(6-23-8-2-3-12(17)11(16)4-8)9(5-19)14(20)13(18-7)15(21)22/h2-4,19-20H,5-6H2,1H3,(H,21,22). The molecule has 0 fully saturated rings. The molecule has 2 aromatic rings. The molecule has 0 atom stereocenters. The van der Waals surface area contributed by atoms with E-state index in [1.807, 2.05) is 0 Å². The van der Waals surface area contributed by atoms with Gasteiger partial charge in [0.15, 0.2) is 11.4 Å². The molecule has 1 aromatic carbocycles. The van der Waals surface area contributed by atoms with Gasteiger partial charge in [-0.1, -0.05) is 11.6 Å². The number of pyridine rings is 1. The second-order valence-corrected chi connectivity index (χ2v) is 5.09. The van der Waals surface area contributed by atoms with Crippen LogP contribution in [0.3, 0.4) is 0 Å². The molecule has 0 bridgehead atoms. The number of rotatable bonds is 5. The number of aromatic nitrogens is 1. The Morgan fingerprint density at radius 3 is 2.65 bits per heavy atom. The van der Waals surface area contributed by atoms with Crippen LogP contribution in [0.5, 0.6) is 11.5 Å². The Morgan fingerprint density at radius 2 is 2.09 bits per heavy atom. The molecule has 0 spiro atoms. The van der Waals surface area contributed by atoms with Gasteiger partial charge < -0.3 is 20.1 Å². The zero-order chi connectivity index (χ0) is 17.1. The molecule has 0 radical (unpaired) electrons. The van der Waals surface area contributed by atoms with Crippen LogP contribution in [0, 0.1) is 12.7 Å². The third kappa shape index (κ3) is 3.52. The maximum atomic E-state index is 13.1. The number of benzene rings is 1. The van der Waals surface area contributed by atoms with Gasteiger partial charge in [-0.05, 0) is 19.1 Å². The molecule has 0 aliphatic rings. The molecule has 0 aliphatic heterocycles. The second-order valence-electron chi connectivity index (χ2n) is 4.68. The minimum atomic E-state index is -1.40. The average molecular weight is 342 g/mol. The number of aliphatic hydroxyl groups is 1. The van der Waals surface area contributed by atoms with Crippen LogP contribution >= 0.6 is 11.6 Å². The Balaban J connectivity index is 2.34. The SMILES string of the molecule is Cc1nc(C(=O)O)c(O)c(CO)c1COc1ccc(F)c(Cl)c1. The van der Waals surface area contributed by atoms with Crippen LogP contribution in [-0.2, 0) is 13.2 Å². The van der Waals surface area contributed by atoms with E-state index < -0.39 is 29.8 Å². The number of carbonyl (C=O) groups is 1. The van der Waals surface area contributed by atoms with Crippen LogP contribution < -0.4 is 4.74 Å². The topological polar surface area (TPSA) is 99.9 Å². The van der Waals surface area contributed by atoms with Gasteiger partial charge in [0.2, 0.25) is 0 Å². The van der Waals surface area contributed by atoms with E-state index in [0.717, 1.165) is 6.07 Å². The molecule has 6 nitrogen and oxygen atoms in total. The lowest BCUT2D eigenvalue weighted by Gasteiger charge is -2.15. The number of aromatic hydroxyl groups is 1. The first-order chi connectivity index (χ1) is 10.8. The van der Waals surface area contributed by atoms with E-state index in [1.54, 1.807) is 0 Å². The first-order valence-electron chi connectivity index (χ1n) is 6.48. The van der Waals surface area contributed by atoms with Crippen molar-refractivity contribution in [2.24, 2.45) is 0 Å². The smallest absolute Gasteiger partial charge is 0.358 e. The van der Waals surface area contributed by atoms with E-state index in [0.29, 0.717) is 5.56 Å². The molecule has 0 aliphatic carbocycles. The van der Waals surface area contributed by atoms with Gasteiger partial charge in [-0.2, -0.15) is 0 Å². The highest BCUT2D eigenvalue weighted by Crippen LogP contribution is 2.29. The minimum Gasteiger partial charge on any atom is -0.505 e. The zero-order valence-electron chi connectivity index (χ0n) is 12.0. The van der Waals surface area contributed by atoms with Crippen molar-refractivity contribution in [3.63, 3.8) is 0 Å². The Morgan fingerprint density at radius 1 is 1.39 bits per heavy atom. The van der Waals surface area contributed by atoms with Crippen molar-refractivity contribution in [2.45, 2.75) is 20.1 Å². The van der Waals surface area contributed by atoms with Gasteiger partial charge in [0, 0.05) is 22.9 Å². The van der Waals surface area contributed by atoms with Crippen molar-refractivity contribution in [3.8, 4) is 11.5 Å². The number of hydrogen-bond acceptors (Lipinski definition) is 5. The highest BCUT2D eigenvalue weighted by molar-refractivity contribution is 6.30. The molecule has 0 saturated heterocycles. The minimum absolute atomic E-state index is 0.0168. The Hall–Kier alpha value is -2.38. The van der Waals surface area contributed by atoms with Gasteiger partial charge in [0.05, 0.1) is 11.6 Å². The summed E-state index contributed by atoms with van der Waals surface area (Å²) in [6.07, 6.45) is 0. The summed E-state index contributed by atoms with van der Waals surface area (Å²) in [5, 5.41) is 28.2. The highest BCUT2D eigenvalue weighted by Gasteiger charge is 2.21. The fraction of sp³-hybridized carbons (Fsp3) is 0.200. The van der Waals surface area contributed by atoms with Crippen LogP contribution in [0.2, 0.25) is 5.02 Å². The quantitative estimate of drug-likeness (QED) is 0.773. The fourth-order valence-corrected chi connectivity index (χ4v) is 2.20. The van der Waals surface area contributed by atoms with Crippen molar-refractivity contribution in [1.82, 2.24) is 4.98 Å². The molecule has 0 unspecified atom stereocenters. The maximum absolute atomic E-state index is 13.1. The van der Waals surface area contributed by atoms with Crippen LogP contribution in [0.1, 0.15) is 27.3 Å². The molecule has 23 heavy (non-hydrogen) atoms. The van der Waals surface area contributed by atoms with Gasteiger partial charge in [-0.15, -0.1) is 0 Å². The van der Waals surface area contributed by atoms with Crippen LogP contribution in [0.4, 0.5) is 4.39 Å². The third-order valence-electron chi connectivity index (χ3n) is 3.23. The number of carboxylic acid groups (broad SMARTS) is 1. The lowest BCUT2D eigenvalue weighted by atomic mass is 10.0. The summed E-state index contributed by atoms with van der Waals surface area (Å²) < 4.78 is 18.5. The van der Waals surface area contributed by atoms with Gasteiger partial charge in [0.1, 0.15) is 18.2 Å². The largest absolute Gasteiger partial charge is 0.505 e. The van der Waals surface area contributed by atoms with Crippen LogP contribution in [-0.4, -0.2) is 26.3 Å². The Bertz CT molecular complexity index is 766. The molecule has 122 valence electrons. The molecule has 8 heteroatoms. The average Bonchev–Trinajstić information content (AvgIpc) is 2.50. The highest BCUT2D eigenvalue weighted by atomic mass is 35.5. The number of aromatic carboxylic acids is 1. The molecule has 0 amide bonds. The van der Waals surface area contributed by atoms with E-state index >= 15 is 0 Å². The van der Waals surface area contributed by atoms with E-state index in [9.17, 15) is 19.4 Å². The number of aliphatic hydroxyl groups excluding tert-OH is 1. The lowest BCUT2D eigenvalue weighted by molar-refractivity contribution is 0.0686. The lowest BCUT2D eigenvalue weighted by Crippen LogP contribution is -2.11. The van der Waals surface area contributed by atoms with E-state index in [4.69, 9.17) is 21.4 Å². The van der Waals surface area contributed by atoms with Crippen molar-refractivity contribution < 1.29 is 29.2 Å². The van der Waals surface area contributed by atoms with Gasteiger partial charge >= 0.3 is 5.97 Å². The number of ether oxygens (including phenoxy) is 1. The van der Waals surface area contributed by atoms with Gasteiger partial charge in [0.25, 0.3) is 0 Å². The first-order valence-corrected chi connectivity index (χ1v) is 6.86. The Kier molecular flexibility index (Phi) is 5.02. The first kappa shape index (κ1) is 17.0. The van der Waals surface area contributed by atoms with Gasteiger partial charge in [-0.3, -0.25) is 0 Å². The summed E-state index contributed by atoms with van der Waals surface area (Å²) in [4.78, 5) is 14.8. The molecule has 1 heterocycles. The zero-order valence-corrected chi connectivity index (χ0v) is 12.8. The van der Waals surface area contributed by atoms with Gasteiger partial charge in [-0.25, -0.2) is 14.2 Å². The van der Waals surface area contributed by atoms with Crippen molar-refractivity contribution in [3.05, 3.63) is 51.6 Å². The number of aryl methyl sites for hydroxylation is 1. The van der Waals surface area contributed by atoms with Crippen molar-refractivity contribution in [1.29, 1.82) is 0 Å². The van der Waals surface area contributed by atoms with Crippen molar-refractivity contribution >= 4 is 17.6 Å². The van der Waals surface area contributed by atoms with E-state index in [2.05, 4.69) is 4.98 Å². The summed E-state index contributed by atoms with van der Waals surface area (Å²) in [5.74, 6) is -2.32. The number of hydrogen-bond donors (Lipinski definition) is 3. The van der Waals surface area contributed by atoms with Crippen molar-refractivity contribution in [2.75, 3.05) is 0 Å². The van der Waals surface area contributed by atoms with E-state index in [1.165, 1.54) is 19.1 Å². The van der Waals surface area contributed by atoms with E-state index in [-0.39, 0.29) is 28.6 Å². The maximum Gasteiger partial charge on any atom is 0.358 e.